The average molecular weight is 471 g/mol. The van der Waals surface area contributed by atoms with Gasteiger partial charge in [0, 0.05) is 18.4 Å². The summed E-state index contributed by atoms with van der Waals surface area (Å²) in [5.74, 6) is -11.2. The lowest BCUT2D eigenvalue weighted by atomic mass is 9.49. The Morgan fingerprint density at radius 1 is 1.18 bits per heavy atom. The molecule has 2 fully saturated rings. The lowest BCUT2D eigenvalue weighted by Crippen LogP contribution is -2.71. The van der Waals surface area contributed by atoms with E-state index in [9.17, 15) is 34.2 Å². The number of phenols is 1. The Labute approximate surface area is 197 Å². The van der Waals surface area contributed by atoms with Gasteiger partial charge in [-0.15, -0.1) is 0 Å². The van der Waals surface area contributed by atoms with E-state index in [-0.39, 0.29) is 30.1 Å². The zero-order valence-electron chi connectivity index (χ0n) is 19.7. The zero-order chi connectivity index (χ0) is 25.3. The molecule has 3 aliphatic rings. The molecular weight excluding hydrogens is 440 g/mol. The zero-order valence-corrected chi connectivity index (χ0v) is 19.7. The van der Waals surface area contributed by atoms with Gasteiger partial charge in [-0.05, 0) is 56.0 Å². The molecule has 1 aromatic carbocycles. The summed E-state index contributed by atoms with van der Waals surface area (Å²) in [5, 5.41) is 22.0. The van der Waals surface area contributed by atoms with Gasteiger partial charge in [-0.1, -0.05) is 19.9 Å². The Hall–Kier alpha value is -2.91. The number of aliphatic hydroxyl groups is 1. The number of nitrogens with two attached hydrogens (primary N) is 1. The highest BCUT2D eigenvalue weighted by Gasteiger charge is 2.69. The van der Waals surface area contributed by atoms with Crippen LogP contribution in [-0.4, -0.2) is 63.8 Å². The second-order valence-corrected chi connectivity index (χ2v) is 10.5. The fourth-order valence-electron chi connectivity index (χ4n) is 6.41. The average Bonchev–Trinajstić information content (AvgIpc) is 2.72. The summed E-state index contributed by atoms with van der Waals surface area (Å²) in [7, 11) is 3.75. The normalized spacial score (nSPS) is 33.1. The lowest BCUT2D eigenvalue weighted by Gasteiger charge is -2.52. The molecule has 0 aromatic heterocycles. The standard InChI is InChI=1S/C25H30N2O7/c1-10(2)16-14-8-12-7-13-11(9-27(3)4)5-6-15(28)18(13)21(30)17(12)22(31)25(14,34)23(32)19(20(16)29)24(26)33/h5-6,10,12,14,16-17,19,28,34H,7-9H2,1-4H3,(H2,26,33)/t12-,14-,16-,17?,19?,25-/m0/s1. The summed E-state index contributed by atoms with van der Waals surface area (Å²) in [6, 6.07) is 3.15. The van der Waals surface area contributed by atoms with Crippen LogP contribution < -0.4 is 5.73 Å². The number of benzene rings is 1. The van der Waals surface area contributed by atoms with Crippen LogP contribution in [0.1, 0.15) is 41.8 Å². The fraction of sp³-hybridized carbons (Fsp3) is 0.560. The number of phenolic OH excluding ortho intramolecular Hbond substituents is 1. The van der Waals surface area contributed by atoms with Crippen molar-refractivity contribution in [3.63, 3.8) is 0 Å². The Bertz CT molecular complexity index is 1120. The molecular formula is C25H30N2O7. The van der Waals surface area contributed by atoms with Crippen LogP contribution in [0.25, 0.3) is 0 Å². The van der Waals surface area contributed by atoms with Crippen molar-refractivity contribution in [1.82, 2.24) is 4.90 Å². The molecule has 4 N–H and O–H groups in total. The van der Waals surface area contributed by atoms with E-state index < -0.39 is 64.2 Å². The third-order valence-corrected chi connectivity index (χ3v) is 7.78. The van der Waals surface area contributed by atoms with Gasteiger partial charge in [-0.25, -0.2) is 0 Å². The minimum Gasteiger partial charge on any atom is -0.507 e. The molecule has 0 saturated heterocycles. The summed E-state index contributed by atoms with van der Waals surface area (Å²) >= 11 is 0. The first kappa shape index (κ1) is 24.2. The van der Waals surface area contributed by atoms with Gasteiger partial charge in [0.15, 0.2) is 34.7 Å². The molecule has 0 radical (unpaired) electrons. The summed E-state index contributed by atoms with van der Waals surface area (Å²) in [5.41, 5.74) is 4.18. The highest BCUT2D eigenvalue weighted by atomic mass is 16.3. The molecule has 1 amide bonds. The maximum atomic E-state index is 13.7. The molecule has 9 heteroatoms. The van der Waals surface area contributed by atoms with Crippen molar-refractivity contribution < 1.29 is 34.2 Å². The Balaban J connectivity index is 1.86. The Morgan fingerprint density at radius 3 is 2.38 bits per heavy atom. The number of primary amides is 1. The SMILES string of the molecule is CC(C)[C@@H]1C(=O)C(C(N)=O)C(=O)[C@@]2(O)C(=O)C3C(=O)c4c(O)ccc(CN(C)C)c4C[C@H]3C[C@@H]12. The molecule has 1 aromatic rings. The number of hydrogen-bond acceptors (Lipinski definition) is 8. The van der Waals surface area contributed by atoms with Crippen LogP contribution in [-0.2, 0) is 32.1 Å². The minimum absolute atomic E-state index is 0.0298. The molecule has 6 atom stereocenters. The maximum Gasteiger partial charge on any atom is 0.235 e. The second kappa shape index (κ2) is 8.09. The molecule has 0 aliphatic heterocycles. The van der Waals surface area contributed by atoms with Gasteiger partial charge in [-0.3, -0.25) is 24.0 Å². The number of rotatable bonds is 4. The highest BCUT2D eigenvalue weighted by Crippen LogP contribution is 2.53. The van der Waals surface area contributed by atoms with Crippen LogP contribution in [0.3, 0.4) is 0 Å². The van der Waals surface area contributed by atoms with Crippen LogP contribution in [0.2, 0.25) is 0 Å². The van der Waals surface area contributed by atoms with Crippen molar-refractivity contribution in [2.75, 3.05) is 14.1 Å². The fourth-order valence-corrected chi connectivity index (χ4v) is 6.41. The van der Waals surface area contributed by atoms with E-state index in [4.69, 9.17) is 5.73 Å². The van der Waals surface area contributed by atoms with E-state index in [1.807, 2.05) is 19.0 Å². The third kappa shape index (κ3) is 3.25. The number of ketones is 4. The van der Waals surface area contributed by atoms with Crippen LogP contribution in [0.15, 0.2) is 12.1 Å². The number of fused-ring (bicyclic) bond motifs is 3. The Kier molecular flexibility index (Phi) is 5.77. The van der Waals surface area contributed by atoms with Crippen molar-refractivity contribution in [2.45, 2.75) is 38.8 Å². The quantitative estimate of drug-likeness (QED) is 0.530. The number of aromatic hydroxyl groups is 1. The number of carbonyl (C=O) groups is 5. The second-order valence-electron chi connectivity index (χ2n) is 10.5. The number of amides is 1. The number of hydrogen-bond donors (Lipinski definition) is 3. The van der Waals surface area contributed by atoms with Crippen LogP contribution in [0, 0.1) is 35.5 Å². The van der Waals surface area contributed by atoms with Gasteiger partial charge in [0.1, 0.15) is 5.75 Å². The molecule has 34 heavy (non-hydrogen) atoms. The van der Waals surface area contributed by atoms with Crippen LogP contribution in [0.4, 0.5) is 0 Å². The number of nitrogens with zero attached hydrogens (tertiary/aromatic N) is 1. The van der Waals surface area contributed by atoms with Crippen LogP contribution >= 0.6 is 0 Å². The lowest BCUT2D eigenvalue weighted by molar-refractivity contribution is -0.182. The van der Waals surface area contributed by atoms with Gasteiger partial charge < -0.3 is 20.8 Å². The van der Waals surface area contributed by atoms with E-state index in [1.54, 1.807) is 19.9 Å². The number of carbonyl (C=O) groups excluding carboxylic acids is 5. The predicted molar refractivity (Wildman–Crippen MR) is 120 cm³/mol. The van der Waals surface area contributed by atoms with E-state index in [0.717, 1.165) is 5.56 Å². The molecule has 9 nitrogen and oxygen atoms in total. The van der Waals surface area contributed by atoms with Crippen molar-refractivity contribution in [2.24, 2.45) is 41.2 Å². The molecule has 0 spiro atoms. The molecule has 182 valence electrons. The van der Waals surface area contributed by atoms with E-state index in [0.29, 0.717) is 12.1 Å². The van der Waals surface area contributed by atoms with Crippen molar-refractivity contribution in [3.8, 4) is 5.75 Å². The molecule has 4 rings (SSSR count). The van der Waals surface area contributed by atoms with Gasteiger partial charge in [0.25, 0.3) is 0 Å². The third-order valence-electron chi connectivity index (χ3n) is 7.78. The predicted octanol–water partition coefficient (Wildman–Crippen LogP) is 0.271. The first-order valence-electron chi connectivity index (χ1n) is 11.5. The van der Waals surface area contributed by atoms with Crippen molar-refractivity contribution in [3.05, 3.63) is 28.8 Å². The van der Waals surface area contributed by atoms with Crippen molar-refractivity contribution >= 4 is 29.0 Å². The molecule has 0 bridgehead atoms. The monoisotopic (exact) mass is 470 g/mol. The summed E-state index contributed by atoms with van der Waals surface area (Å²) < 4.78 is 0. The Morgan fingerprint density at radius 2 is 1.82 bits per heavy atom. The highest BCUT2D eigenvalue weighted by molar-refractivity contribution is 6.31. The summed E-state index contributed by atoms with van der Waals surface area (Å²) in [6.45, 7) is 3.96. The van der Waals surface area contributed by atoms with Gasteiger partial charge in [0.05, 0.1) is 11.5 Å². The molecule has 3 aliphatic carbocycles. The first-order chi connectivity index (χ1) is 15.8. The minimum atomic E-state index is -2.66. The van der Waals surface area contributed by atoms with Gasteiger partial charge >= 0.3 is 0 Å². The molecule has 2 unspecified atom stereocenters. The van der Waals surface area contributed by atoms with E-state index >= 15 is 0 Å². The van der Waals surface area contributed by atoms with Gasteiger partial charge in [-0.2, -0.15) is 0 Å². The van der Waals surface area contributed by atoms with E-state index in [2.05, 4.69) is 0 Å². The largest absolute Gasteiger partial charge is 0.507 e. The van der Waals surface area contributed by atoms with Crippen molar-refractivity contribution in [1.29, 1.82) is 0 Å². The van der Waals surface area contributed by atoms with Crippen LogP contribution in [0.5, 0.6) is 5.75 Å². The topological polar surface area (TPSA) is 155 Å². The van der Waals surface area contributed by atoms with E-state index in [1.165, 1.54) is 6.07 Å². The maximum absolute atomic E-state index is 13.7. The summed E-state index contributed by atoms with van der Waals surface area (Å²) in [6.07, 6.45) is 0.370. The summed E-state index contributed by atoms with van der Waals surface area (Å²) in [4.78, 5) is 67.5. The molecule has 0 heterocycles. The number of Topliss-reactive ketones (excluding diaryl/α,β-unsaturated/α-hetero) is 4. The smallest absolute Gasteiger partial charge is 0.235 e. The first-order valence-corrected chi connectivity index (χ1v) is 11.5. The molecule has 2 saturated carbocycles. The van der Waals surface area contributed by atoms with Gasteiger partial charge in [0.2, 0.25) is 5.91 Å².